The highest BCUT2D eigenvalue weighted by Crippen LogP contribution is 2.39. The van der Waals surface area contributed by atoms with Gasteiger partial charge in [0, 0.05) is 28.2 Å². The van der Waals surface area contributed by atoms with Crippen LogP contribution in [0, 0.1) is 6.92 Å². The van der Waals surface area contributed by atoms with Gasteiger partial charge >= 0.3 is 7.25 Å². The summed E-state index contributed by atoms with van der Waals surface area (Å²) < 4.78 is 41.6. The van der Waals surface area contributed by atoms with Crippen LogP contribution in [-0.4, -0.2) is 7.25 Å². The average Bonchev–Trinajstić information content (AvgIpc) is 2.84. The van der Waals surface area contributed by atoms with Gasteiger partial charge in [0.1, 0.15) is 0 Å². The molecule has 1 aromatic heterocycles. The molecule has 0 atom stereocenters. The van der Waals surface area contributed by atoms with Gasteiger partial charge in [-0.1, -0.05) is 99.1 Å². The Kier molecular flexibility index (Phi) is 7.58. The fourth-order valence-corrected chi connectivity index (χ4v) is 5.04. The van der Waals surface area contributed by atoms with Gasteiger partial charge < -0.3 is 17.3 Å². The predicted octanol–water partition coefficient (Wildman–Crippen LogP) is 8.36. The molecule has 0 bridgehead atoms. The standard InChI is InChI=1S/C31H32N.BF4/c1-22-14-16-23(17-15-22)21-32-29(31(2,3)4)20-28(24-10-6-5-7-11-24)27-19-18-25-12-8-9-13-26(25)30(27)32;2-1(3,4)5/h5-17,20H,18-19,21H2,1-4H3;/q+1;-1. The summed E-state index contributed by atoms with van der Waals surface area (Å²) in [5.41, 5.74) is 12.5. The summed E-state index contributed by atoms with van der Waals surface area (Å²) in [7, 11) is -6.00. The van der Waals surface area contributed by atoms with Gasteiger partial charge in [-0.2, -0.15) is 4.57 Å². The van der Waals surface area contributed by atoms with Crippen molar-refractivity contribution in [2.45, 2.75) is 52.5 Å². The van der Waals surface area contributed by atoms with Crippen molar-refractivity contribution in [2.75, 3.05) is 0 Å². The molecule has 0 aliphatic heterocycles. The summed E-state index contributed by atoms with van der Waals surface area (Å²) in [6, 6.07) is 31.4. The van der Waals surface area contributed by atoms with E-state index in [-0.39, 0.29) is 5.41 Å². The second-order valence-electron chi connectivity index (χ2n) is 10.6. The van der Waals surface area contributed by atoms with Crippen LogP contribution in [0.4, 0.5) is 17.3 Å². The third-order valence-electron chi connectivity index (χ3n) is 6.68. The Bertz CT molecular complexity index is 1370. The smallest absolute Gasteiger partial charge is 0.418 e. The number of aromatic nitrogens is 1. The Morgan fingerprint density at radius 1 is 0.757 bits per heavy atom. The zero-order chi connectivity index (χ0) is 26.8. The lowest BCUT2D eigenvalue weighted by Gasteiger charge is -2.26. The van der Waals surface area contributed by atoms with Gasteiger partial charge in [-0.3, -0.25) is 0 Å². The van der Waals surface area contributed by atoms with E-state index in [0.29, 0.717) is 0 Å². The molecule has 3 aromatic carbocycles. The Labute approximate surface area is 216 Å². The van der Waals surface area contributed by atoms with E-state index in [4.69, 9.17) is 0 Å². The molecule has 0 spiro atoms. The van der Waals surface area contributed by atoms with Crippen molar-refractivity contribution in [2.24, 2.45) is 0 Å². The molecular formula is C31H32BF4N. The maximum Gasteiger partial charge on any atom is 0.673 e. The van der Waals surface area contributed by atoms with Crippen LogP contribution in [0.2, 0.25) is 0 Å². The van der Waals surface area contributed by atoms with E-state index in [2.05, 4.69) is 117 Å². The molecule has 0 N–H and O–H groups in total. The first kappa shape index (κ1) is 26.7. The summed E-state index contributed by atoms with van der Waals surface area (Å²) >= 11 is 0. The molecular weight excluding hydrogens is 473 g/mol. The van der Waals surface area contributed by atoms with Gasteiger partial charge in [0.2, 0.25) is 5.69 Å². The van der Waals surface area contributed by atoms with E-state index in [1.807, 2.05) is 0 Å². The number of nitrogens with zero attached hydrogens (tertiary/aromatic N) is 1. The summed E-state index contributed by atoms with van der Waals surface area (Å²) in [4.78, 5) is 0. The van der Waals surface area contributed by atoms with Crippen LogP contribution >= 0.6 is 0 Å². The second kappa shape index (κ2) is 10.5. The zero-order valence-electron chi connectivity index (χ0n) is 21.7. The minimum atomic E-state index is -6.00. The largest absolute Gasteiger partial charge is 0.673 e. The molecule has 37 heavy (non-hydrogen) atoms. The van der Waals surface area contributed by atoms with Crippen molar-refractivity contribution in [1.29, 1.82) is 0 Å². The number of hydrogen-bond acceptors (Lipinski definition) is 0. The van der Waals surface area contributed by atoms with E-state index >= 15 is 0 Å². The van der Waals surface area contributed by atoms with Crippen molar-refractivity contribution < 1.29 is 21.8 Å². The highest BCUT2D eigenvalue weighted by molar-refractivity contribution is 6.50. The first-order valence-electron chi connectivity index (χ1n) is 12.6. The van der Waals surface area contributed by atoms with E-state index in [1.54, 1.807) is 0 Å². The monoisotopic (exact) mass is 505 g/mol. The molecule has 0 fully saturated rings. The van der Waals surface area contributed by atoms with Crippen molar-refractivity contribution in [1.82, 2.24) is 0 Å². The first-order valence-corrected chi connectivity index (χ1v) is 12.6. The normalized spacial score (nSPS) is 12.8. The number of pyridine rings is 1. The average molecular weight is 505 g/mol. The third-order valence-corrected chi connectivity index (χ3v) is 6.68. The van der Waals surface area contributed by atoms with Crippen LogP contribution in [0.1, 0.15) is 48.7 Å². The number of hydrogen-bond donors (Lipinski definition) is 0. The predicted molar refractivity (Wildman–Crippen MR) is 144 cm³/mol. The Balaban J connectivity index is 0.000000586. The maximum absolute atomic E-state index is 9.75. The highest BCUT2D eigenvalue weighted by Gasteiger charge is 2.35. The van der Waals surface area contributed by atoms with Crippen LogP contribution in [0.3, 0.4) is 0 Å². The number of aryl methyl sites for hydroxylation is 2. The number of fused-ring (bicyclic) bond motifs is 3. The van der Waals surface area contributed by atoms with Crippen LogP contribution < -0.4 is 4.57 Å². The van der Waals surface area contributed by atoms with Crippen LogP contribution in [-0.2, 0) is 24.8 Å². The van der Waals surface area contributed by atoms with E-state index in [0.717, 1.165) is 19.4 Å². The third kappa shape index (κ3) is 6.48. The first-order chi connectivity index (χ1) is 17.4. The molecule has 0 amide bonds. The highest BCUT2D eigenvalue weighted by atomic mass is 19.5. The minimum Gasteiger partial charge on any atom is -0.418 e. The topological polar surface area (TPSA) is 3.88 Å². The Hall–Kier alpha value is -3.41. The summed E-state index contributed by atoms with van der Waals surface area (Å²) in [5, 5.41) is 0. The van der Waals surface area contributed by atoms with Gasteiger partial charge in [0.05, 0.1) is 0 Å². The number of rotatable bonds is 3. The molecule has 192 valence electrons. The van der Waals surface area contributed by atoms with Gasteiger partial charge in [-0.15, -0.1) is 0 Å². The van der Waals surface area contributed by atoms with E-state index in [9.17, 15) is 17.3 Å². The molecule has 1 heterocycles. The van der Waals surface area contributed by atoms with Crippen LogP contribution in [0.25, 0.3) is 22.4 Å². The molecule has 0 radical (unpaired) electrons. The van der Waals surface area contributed by atoms with Crippen molar-refractivity contribution in [3.05, 3.63) is 113 Å². The lowest BCUT2D eigenvalue weighted by atomic mass is 9.81. The molecule has 1 nitrogen and oxygen atoms in total. The number of benzene rings is 3. The summed E-state index contributed by atoms with van der Waals surface area (Å²) in [6.45, 7) is 10.1. The summed E-state index contributed by atoms with van der Waals surface area (Å²) in [6.07, 6.45) is 2.18. The molecule has 4 aromatic rings. The van der Waals surface area contributed by atoms with Crippen molar-refractivity contribution in [3.8, 4) is 22.4 Å². The molecule has 5 rings (SSSR count). The fraction of sp³-hybridized carbons (Fsp3) is 0.258. The summed E-state index contributed by atoms with van der Waals surface area (Å²) in [5.74, 6) is 0. The number of halogens is 4. The molecule has 1 aliphatic carbocycles. The van der Waals surface area contributed by atoms with Crippen molar-refractivity contribution in [3.63, 3.8) is 0 Å². The van der Waals surface area contributed by atoms with Gasteiger partial charge in [0.25, 0.3) is 0 Å². The zero-order valence-corrected chi connectivity index (χ0v) is 21.7. The van der Waals surface area contributed by atoms with E-state index < -0.39 is 7.25 Å². The maximum atomic E-state index is 9.75. The SMILES string of the molecule is Cc1ccc(C[n+]2c(C(C)(C)C)cc(-c3ccccc3)c3c2-c2ccccc2CC3)cc1.F[B-](F)(F)F. The molecule has 6 heteroatoms. The van der Waals surface area contributed by atoms with Gasteiger partial charge in [0.15, 0.2) is 12.2 Å². The molecule has 0 unspecified atom stereocenters. The fourth-order valence-electron chi connectivity index (χ4n) is 5.04. The molecule has 0 saturated heterocycles. The minimum absolute atomic E-state index is 0.0235. The molecule has 0 saturated carbocycles. The Morgan fingerprint density at radius 2 is 1.35 bits per heavy atom. The second-order valence-corrected chi connectivity index (χ2v) is 10.6. The quantitative estimate of drug-likeness (QED) is 0.150. The van der Waals surface area contributed by atoms with Crippen molar-refractivity contribution >= 4 is 7.25 Å². The van der Waals surface area contributed by atoms with E-state index in [1.165, 1.54) is 50.3 Å². The lowest BCUT2D eigenvalue weighted by molar-refractivity contribution is -0.688. The van der Waals surface area contributed by atoms with Gasteiger partial charge in [-0.05, 0) is 42.5 Å². The lowest BCUT2D eigenvalue weighted by Crippen LogP contribution is -2.47. The van der Waals surface area contributed by atoms with Gasteiger partial charge in [-0.25, -0.2) is 0 Å². The molecule has 1 aliphatic rings. The van der Waals surface area contributed by atoms with Crippen LogP contribution in [0.5, 0.6) is 0 Å². The van der Waals surface area contributed by atoms with Crippen LogP contribution in [0.15, 0.2) is 84.9 Å². The Morgan fingerprint density at radius 3 is 1.97 bits per heavy atom.